The molecule has 0 saturated carbocycles. The van der Waals surface area contributed by atoms with Crippen LogP contribution in [0, 0.1) is 22.5 Å². The fourth-order valence-electron chi connectivity index (χ4n) is 1.34. The second-order valence-corrected chi connectivity index (χ2v) is 5.42. The summed E-state index contributed by atoms with van der Waals surface area (Å²) in [5.41, 5.74) is 1.58. The second-order valence-electron chi connectivity index (χ2n) is 5.42. The van der Waals surface area contributed by atoms with E-state index >= 15 is 0 Å². The van der Waals surface area contributed by atoms with E-state index in [1.165, 1.54) is 0 Å². The molecule has 1 rings (SSSR count). The van der Waals surface area contributed by atoms with Gasteiger partial charge in [-0.15, -0.1) is 0 Å². The molecule has 0 fully saturated rings. The summed E-state index contributed by atoms with van der Waals surface area (Å²) in [7, 11) is 0. The van der Waals surface area contributed by atoms with Gasteiger partial charge in [0.2, 0.25) is 0 Å². The zero-order chi connectivity index (χ0) is 13.1. The van der Waals surface area contributed by atoms with Gasteiger partial charge in [-0.2, -0.15) is 0 Å². The molecule has 1 aromatic carbocycles. The van der Waals surface area contributed by atoms with Gasteiger partial charge in [0, 0.05) is 0 Å². The van der Waals surface area contributed by atoms with E-state index < -0.39 is 11.2 Å². The Morgan fingerprint density at radius 2 is 1.82 bits per heavy atom. The maximum atomic E-state index is 11.0. The molecule has 1 aromatic rings. The van der Waals surface area contributed by atoms with Crippen molar-refractivity contribution in [2.24, 2.45) is 5.41 Å². The Kier molecular flexibility index (Phi) is 4.23. The number of benzene rings is 1. The molecule has 4 nitrogen and oxygen atoms in total. The van der Waals surface area contributed by atoms with Crippen LogP contribution >= 0.6 is 0 Å². The highest BCUT2D eigenvalue weighted by Crippen LogP contribution is 2.22. The zero-order valence-corrected chi connectivity index (χ0v) is 10.8. The van der Waals surface area contributed by atoms with E-state index in [9.17, 15) is 10.1 Å². The standard InChI is InChI=1S/C13H19NO3/c1-10-5-7-11(8-6-10)12(14(15)16)17-9-13(2,3)4/h5-8,12H,9H2,1-4H3. The van der Waals surface area contributed by atoms with Crippen molar-refractivity contribution >= 4 is 0 Å². The van der Waals surface area contributed by atoms with Gasteiger partial charge in [0.25, 0.3) is 0 Å². The first-order valence-corrected chi connectivity index (χ1v) is 5.61. The molecule has 0 spiro atoms. The van der Waals surface area contributed by atoms with Crippen molar-refractivity contribution in [3.8, 4) is 0 Å². The fraction of sp³-hybridized carbons (Fsp3) is 0.538. The first-order valence-electron chi connectivity index (χ1n) is 5.61. The van der Waals surface area contributed by atoms with Crippen LogP contribution in [0.25, 0.3) is 0 Å². The lowest BCUT2D eigenvalue weighted by atomic mass is 9.98. The minimum absolute atomic E-state index is 0.0844. The van der Waals surface area contributed by atoms with Crippen molar-refractivity contribution in [1.29, 1.82) is 0 Å². The van der Waals surface area contributed by atoms with Crippen molar-refractivity contribution < 1.29 is 9.66 Å². The van der Waals surface area contributed by atoms with E-state index in [2.05, 4.69) is 0 Å². The molecule has 1 atom stereocenters. The Balaban J connectivity index is 2.79. The van der Waals surface area contributed by atoms with Gasteiger partial charge in [0.15, 0.2) is 0 Å². The lowest BCUT2D eigenvalue weighted by molar-refractivity contribution is -0.585. The number of nitrogens with zero attached hydrogens (tertiary/aromatic N) is 1. The number of nitro groups is 1. The Morgan fingerprint density at radius 1 is 1.29 bits per heavy atom. The van der Waals surface area contributed by atoms with Gasteiger partial charge in [-0.1, -0.05) is 38.5 Å². The van der Waals surface area contributed by atoms with E-state index in [0.717, 1.165) is 5.56 Å². The highest BCUT2D eigenvalue weighted by Gasteiger charge is 2.25. The minimum Gasteiger partial charge on any atom is -0.313 e. The molecule has 17 heavy (non-hydrogen) atoms. The number of rotatable bonds is 4. The van der Waals surface area contributed by atoms with E-state index in [1.807, 2.05) is 39.8 Å². The first kappa shape index (κ1) is 13.6. The van der Waals surface area contributed by atoms with Gasteiger partial charge < -0.3 is 4.74 Å². The second kappa shape index (κ2) is 5.27. The third-order valence-electron chi connectivity index (χ3n) is 2.23. The van der Waals surface area contributed by atoms with Crippen LogP contribution in [0.1, 0.15) is 38.1 Å². The van der Waals surface area contributed by atoms with Gasteiger partial charge in [-0.3, -0.25) is 10.1 Å². The summed E-state index contributed by atoms with van der Waals surface area (Å²) >= 11 is 0. The first-order chi connectivity index (χ1) is 7.79. The molecular formula is C13H19NO3. The molecule has 0 amide bonds. The van der Waals surface area contributed by atoms with Gasteiger partial charge in [-0.25, -0.2) is 0 Å². The Bertz CT molecular complexity index is 379. The summed E-state index contributed by atoms with van der Waals surface area (Å²) < 4.78 is 5.39. The molecular weight excluding hydrogens is 218 g/mol. The number of hydrogen-bond acceptors (Lipinski definition) is 3. The van der Waals surface area contributed by atoms with Crippen LogP contribution in [0.5, 0.6) is 0 Å². The van der Waals surface area contributed by atoms with E-state index in [1.54, 1.807) is 12.1 Å². The van der Waals surface area contributed by atoms with Crippen LogP contribution in [-0.4, -0.2) is 11.5 Å². The van der Waals surface area contributed by atoms with Crippen LogP contribution in [0.4, 0.5) is 0 Å². The van der Waals surface area contributed by atoms with Crippen LogP contribution < -0.4 is 0 Å². The molecule has 0 aliphatic rings. The van der Waals surface area contributed by atoms with Crippen molar-refractivity contribution in [2.75, 3.05) is 6.61 Å². The van der Waals surface area contributed by atoms with Crippen molar-refractivity contribution in [2.45, 2.75) is 33.9 Å². The molecule has 4 heteroatoms. The molecule has 0 aliphatic carbocycles. The molecule has 0 heterocycles. The minimum atomic E-state index is -1.07. The normalized spacial score (nSPS) is 13.4. The summed E-state index contributed by atoms with van der Waals surface area (Å²) in [5.74, 6) is 0. The predicted molar refractivity (Wildman–Crippen MR) is 66.3 cm³/mol. The smallest absolute Gasteiger partial charge is 0.313 e. The Morgan fingerprint density at radius 3 is 2.24 bits per heavy atom. The average molecular weight is 237 g/mol. The van der Waals surface area contributed by atoms with Crippen LogP contribution in [0.15, 0.2) is 24.3 Å². The highest BCUT2D eigenvalue weighted by molar-refractivity contribution is 5.22. The highest BCUT2D eigenvalue weighted by atomic mass is 16.7. The lowest BCUT2D eigenvalue weighted by Gasteiger charge is -2.20. The van der Waals surface area contributed by atoms with Crippen molar-refractivity contribution in [3.05, 3.63) is 45.5 Å². The molecule has 0 saturated heterocycles. The van der Waals surface area contributed by atoms with Gasteiger partial charge in [0.05, 0.1) is 17.1 Å². The van der Waals surface area contributed by atoms with Crippen molar-refractivity contribution in [3.63, 3.8) is 0 Å². The molecule has 0 radical (unpaired) electrons. The third-order valence-corrected chi connectivity index (χ3v) is 2.23. The van der Waals surface area contributed by atoms with Gasteiger partial charge in [0.1, 0.15) is 0 Å². The number of ether oxygens (including phenoxy) is 1. The van der Waals surface area contributed by atoms with E-state index in [4.69, 9.17) is 4.74 Å². The summed E-state index contributed by atoms with van der Waals surface area (Å²) in [4.78, 5) is 10.6. The molecule has 0 aliphatic heterocycles. The summed E-state index contributed by atoms with van der Waals surface area (Å²) in [6.07, 6.45) is -1.07. The van der Waals surface area contributed by atoms with Gasteiger partial charge in [-0.05, 0) is 24.5 Å². The van der Waals surface area contributed by atoms with Crippen LogP contribution in [0.2, 0.25) is 0 Å². The lowest BCUT2D eigenvalue weighted by Crippen LogP contribution is -2.21. The summed E-state index contributed by atoms with van der Waals surface area (Å²) in [5, 5.41) is 11.0. The zero-order valence-electron chi connectivity index (χ0n) is 10.8. The molecule has 0 aromatic heterocycles. The van der Waals surface area contributed by atoms with Crippen molar-refractivity contribution in [1.82, 2.24) is 0 Å². The molecule has 1 unspecified atom stereocenters. The van der Waals surface area contributed by atoms with Crippen LogP contribution in [0.3, 0.4) is 0 Å². The number of aryl methyl sites for hydroxylation is 1. The SMILES string of the molecule is Cc1ccc(C(OCC(C)(C)C)[N+](=O)[O-])cc1. The fourth-order valence-corrected chi connectivity index (χ4v) is 1.34. The quantitative estimate of drug-likeness (QED) is 0.458. The topological polar surface area (TPSA) is 52.4 Å². The average Bonchev–Trinajstić information content (AvgIpc) is 2.18. The molecule has 94 valence electrons. The van der Waals surface area contributed by atoms with E-state index in [0.29, 0.717) is 12.2 Å². The largest absolute Gasteiger partial charge is 0.342 e. The molecule has 0 bridgehead atoms. The van der Waals surface area contributed by atoms with Crippen LogP contribution in [-0.2, 0) is 4.74 Å². The van der Waals surface area contributed by atoms with Gasteiger partial charge >= 0.3 is 6.23 Å². The summed E-state index contributed by atoms with van der Waals surface area (Å²) in [6.45, 7) is 8.25. The Hall–Kier alpha value is -1.42. The summed E-state index contributed by atoms with van der Waals surface area (Å²) in [6, 6.07) is 7.19. The third kappa shape index (κ3) is 4.53. The van der Waals surface area contributed by atoms with E-state index in [-0.39, 0.29) is 5.41 Å². The monoisotopic (exact) mass is 237 g/mol. The molecule has 0 N–H and O–H groups in total. The maximum absolute atomic E-state index is 11.0. The Labute approximate surface area is 102 Å². The predicted octanol–water partition coefficient (Wildman–Crippen LogP) is 3.33. The number of hydrogen-bond donors (Lipinski definition) is 0. The maximum Gasteiger partial charge on any atom is 0.342 e.